The van der Waals surface area contributed by atoms with Gasteiger partial charge in [-0.1, -0.05) is 57.2 Å². The van der Waals surface area contributed by atoms with Gasteiger partial charge in [0.1, 0.15) is 6.29 Å². The maximum atomic E-state index is 13.2. The van der Waals surface area contributed by atoms with Gasteiger partial charge in [0.15, 0.2) is 0 Å². The molecule has 0 saturated carbocycles. The zero-order valence-electron chi connectivity index (χ0n) is 20.5. The van der Waals surface area contributed by atoms with Gasteiger partial charge >= 0.3 is 12.1 Å². The van der Waals surface area contributed by atoms with Crippen LogP contribution in [0.2, 0.25) is 0 Å². The summed E-state index contributed by atoms with van der Waals surface area (Å²) >= 11 is 0. The molecule has 190 valence electrons. The van der Waals surface area contributed by atoms with E-state index in [9.17, 15) is 27.9 Å². The average Bonchev–Trinajstić information content (AvgIpc) is 2.83. The fourth-order valence-electron chi connectivity index (χ4n) is 5.07. The number of benzene rings is 2. The third kappa shape index (κ3) is 6.72. The number of nitrogens with zero attached hydrogens (tertiary/aromatic N) is 1. The lowest BCUT2D eigenvalue weighted by molar-refractivity contribution is -0.144. The monoisotopic (exact) mass is 489 g/mol. The predicted molar refractivity (Wildman–Crippen MR) is 129 cm³/mol. The van der Waals surface area contributed by atoms with Crippen molar-refractivity contribution in [3.63, 3.8) is 0 Å². The van der Waals surface area contributed by atoms with Crippen molar-refractivity contribution in [2.24, 2.45) is 17.8 Å². The summed E-state index contributed by atoms with van der Waals surface area (Å²) in [5, 5.41) is 9.60. The van der Waals surface area contributed by atoms with Crippen molar-refractivity contribution in [3.8, 4) is 0 Å². The van der Waals surface area contributed by atoms with E-state index in [0.717, 1.165) is 42.4 Å². The number of carboxylic acids is 1. The molecule has 0 spiro atoms. The molecular weight excluding hydrogens is 455 g/mol. The Balaban J connectivity index is 2.00. The second-order valence-corrected chi connectivity index (χ2v) is 10.1. The summed E-state index contributed by atoms with van der Waals surface area (Å²) in [5.41, 5.74) is 1.71. The topological polar surface area (TPSA) is 57.6 Å². The van der Waals surface area contributed by atoms with Gasteiger partial charge in [-0.15, -0.1) is 0 Å². The quantitative estimate of drug-likeness (QED) is 0.380. The number of aldehydes is 1. The number of aliphatic carboxylic acids is 1. The van der Waals surface area contributed by atoms with Gasteiger partial charge in [0.05, 0.1) is 11.5 Å². The molecule has 0 bridgehead atoms. The molecule has 0 amide bonds. The lowest BCUT2D eigenvalue weighted by Crippen LogP contribution is -2.42. The van der Waals surface area contributed by atoms with E-state index in [1.165, 1.54) is 12.1 Å². The first-order valence-electron chi connectivity index (χ1n) is 12.2. The molecule has 2 aromatic carbocycles. The van der Waals surface area contributed by atoms with Crippen LogP contribution in [0.1, 0.15) is 85.6 Å². The van der Waals surface area contributed by atoms with Crippen LogP contribution in [0, 0.1) is 17.8 Å². The lowest BCUT2D eigenvalue weighted by Gasteiger charge is -2.45. The summed E-state index contributed by atoms with van der Waals surface area (Å²) in [5.74, 6) is -0.981. The molecule has 4 atom stereocenters. The van der Waals surface area contributed by atoms with E-state index in [2.05, 4.69) is 18.7 Å². The Labute approximate surface area is 205 Å². The Kier molecular flexibility index (Phi) is 8.75. The molecule has 2 aromatic rings. The number of hydrogen-bond donors (Lipinski definition) is 1. The SMILES string of the molecule is CC(C)CC[C@H](c1ccc(C=O)cc1)N1CC[C@@H](C(C)C(=O)O)C[C@H]1c1ccc(C(F)(F)F)cc1. The van der Waals surface area contributed by atoms with Crippen LogP contribution in [0.5, 0.6) is 0 Å². The van der Waals surface area contributed by atoms with Gasteiger partial charge in [-0.05, 0) is 67.3 Å². The highest BCUT2D eigenvalue weighted by molar-refractivity contribution is 5.74. The zero-order valence-corrected chi connectivity index (χ0v) is 20.5. The Morgan fingerprint density at radius 2 is 1.69 bits per heavy atom. The third-order valence-corrected chi connectivity index (χ3v) is 7.28. The maximum Gasteiger partial charge on any atom is 0.416 e. The Morgan fingerprint density at radius 3 is 2.20 bits per heavy atom. The summed E-state index contributed by atoms with van der Waals surface area (Å²) in [6, 6.07) is 12.6. The van der Waals surface area contributed by atoms with Crippen molar-refractivity contribution >= 4 is 12.3 Å². The van der Waals surface area contributed by atoms with Gasteiger partial charge in [-0.2, -0.15) is 13.2 Å². The highest BCUT2D eigenvalue weighted by atomic mass is 19.4. The number of piperidine rings is 1. The molecule has 1 saturated heterocycles. The zero-order chi connectivity index (χ0) is 25.8. The first-order valence-corrected chi connectivity index (χ1v) is 12.2. The van der Waals surface area contributed by atoms with Crippen LogP contribution in [-0.2, 0) is 11.0 Å². The standard InChI is InChI=1S/C28H34F3NO3/c1-18(2)4-13-25(21-7-5-20(17-33)6-8-21)32-15-14-23(19(3)27(34)35)16-26(32)22-9-11-24(12-10-22)28(29,30)31/h5-12,17-19,23,25-26H,4,13-16H2,1-3H3,(H,34,35)/t19?,23-,25-,26+/m1/s1. The third-order valence-electron chi connectivity index (χ3n) is 7.28. The smallest absolute Gasteiger partial charge is 0.416 e. The van der Waals surface area contributed by atoms with Gasteiger partial charge in [0.25, 0.3) is 0 Å². The summed E-state index contributed by atoms with van der Waals surface area (Å²) in [6.07, 6.45) is -0.528. The van der Waals surface area contributed by atoms with Crippen LogP contribution in [0.4, 0.5) is 13.2 Å². The first-order chi connectivity index (χ1) is 16.5. The average molecular weight is 490 g/mol. The fourth-order valence-corrected chi connectivity index (χ4v) is 5.07. The highest BCUT2D eigenvalue weighted by Gasteiger charge is 2.38. The van der Waals surface area contributed by atoms with E-state index in [1.54, 1.807) is 19.1 Å². The molecule has 1 aliphatic rings. The fraction of sp³-hybridized carbons (Fsp3) is 0.500. The molecule has 35 heavy (non-hydrogen) atoms. The molecule has 3 rings (SSSR count). The molecule has 0 aromatic heterocycles. The highest BCUT2D eigenvalue weighted by Crippen LogP contribution is 2.44. The van der Waals surface area contributed by atoms with E-state index >= 15 is 0 Å². The van der Waals surface area contributed by atoms with Gasteiger partial charge in [-0.25, -0.2) is 0 Å². The van der Waals surface area contributed by atoms with Crippen molar-refractivity contribution in [1.82, 2.24) is 4.90 Å². The second kappa shape index (κ2) is 11.4. The molecule has 1 heterocycles. The van der Waals surface area contributed by atoms with E-state index in [1.807, 2.05) is 12.1 Å². The minimum Gasteiger partial charge on any atom is -0.481 e. The molecule has 1 unspecified atom stereocenters. The Hall–Kier alpha value is -2.67. The van der Waals surface area contributed by atoms with Crippen molar-refractivity contribution < 1.29 is 27.9 Å². The second-order valence-electron chi connectivity index (χ2n) is 10.1. The molecular formula is C28H34F3NO3. The summed E-state index contributed by atoms with van der Waals surface area (Å²) in [7, 11) is 0. The van der Waals surface area contributed by atoms with Crippen LogP contribution in [-0.4, -0.2) is 28.8 Å². The number of carbonyl (C=O) groups is 2. The van der Waals surface area contributed by atoms with Crippen LogP contribution in [0.15, 0.2) is 48.5 Å². The Morgan fingerprint density at radius 1 is 1.06 bits per heavy atom. The van der Waals surface area contributed by atoms with Crippen molar-refractivity contribution in [1.29, 1.82) is 0 Å². The van der Waals surface area contributed by atoms with E-state index in [4.69, 9.17) is 0 Å². The molecule has 0 radical (unpaired) electrons. The van der Waals surface area contributed by atoms with Crippen molar-refractivity contribution in [3.05, 3.63) is 70.8 Å². The van der Waals surface area contributed by atoms with E-state index in [0.29, 0.717) is 30.9 Å². The van der Waals surface area contributed by atoms with Crippen LogP contribution >= 0.6 is 0 Å². The largest absolute Gasteiger partial charge is 0.481 e. The number of rotatable bonds is 9. The number of carboxylic acid groups (broad SMARTS) is 1. The summed E-state index contributed by atoms with van der Waals surface area (Å²) in [4.78, 5) is 25.2. The Bertz CT molecular complexity index is 986. The van der Waals surface area contributed by atoms with Crippen LogP contribution in [0.3, 0.4) is 0 Å². The maximum absolute atomic E-state index is 13.2. The van der Waals surface area contributed by atoms with E-state index < -0.39 is 23.6 Å². The molecule has 1 fully saturated rings. The molecule has 0 aliphatic carbocycles. The van der Waals surface area contributed by atoms with Gasteiger partial charge in [0, 0.05) is 17.6 Å². The van der Waals surface area contributed by atoms with Gasteiger partial charge < -0.3 is 5.11 Å². The molecule has 7 heteroatoms. The first kappa shape index (κ1) is 26.9. The van der Waals surface area contributed by atoms with Gasteiger partial charge in [0.2, 0.25) is 0 Å². The minimum atomic E-state index is -4.41. The summed E-state index contributed by atoms with van der Waals surface area (Å²) in [6.45, 7) is 6.66. The van der Waals surface area contributed by atoms with Gasteiger partial charge in [-0.3, -0.25) is 14.5 Å². The lowest BCUT2D eigenvalue weighted by atomic mass is 9.78. The van der Waals surface area contributed by atoms with Crippen molar-refractivity contribution in [2.45, 2.75) is 64.7 Å². The number of hydrogen-bond acceptors (Lipinski definition) is 3. The molecule has 4 nitrogen and oxygen atoms in total. The van der Waals surface area contributed by atoms with E-state index in [-0.39, 0.29) is 18.0 Å². The number of likely N-dealkylation sites (tertiary alicyclic amines) is 1. The van der Waals surface area contributed by atoms with Crippen LogP contribution in [0.25, 0.3) is 0 Å². The molecule has 1 N–H and O–H groups in total. The number of alkyl halides is 3. The minimum absolute atomic E-state index is 0.00600. The number of halogens is 3. The van der Waals surface area contributed by atoms with Crippen LogP contribution < -0.4 is 0 Å². The normalized spacial score (nSPS) is 21.0. The molecule has 1 aliphatic heterocycles. The number of carbonyl (C=O) groups excluding carboxylic acids is 1. The summed E-state index contributed by atoms with van der Waals surface area (Å²) < 4.78 is 39.5. The van der Waals surface area contributed by atoms with Crippen molar-refractivity contribution in [2.75, 3.05) is 6.54 Å². The predicted octanol–water partition coefficient (Wildman–Crippen LogP) is 7.17.